The van der Waals surface area contributed by atoms with Gasteiger partial charge in [0.1, 0.15) is 28.3 Å². The van der Waals surface area contributed by atoms with Crippen molar-refractivity contribution in [3.8, 4) is 0 Å². The quantitative estimate of drug-likeness (QED) is 0.416. The Morgan fingerprint density at radius 1 is 1.39 bits per heavy atom. The van der Waals surface area contributed by atoms with Crippen LogP contribution in [0.25, 0.3) is 0 Å². The molecule has 0 aromatic carbocycles. The predicted molar refractivity (Wildman–Crippen MR) is 98.6 cm³/mol. The van der Waals surface area contributed by atoms with Crippen LogP contribution < -0.4 is 5.32 Å². The van der Waals surface area contributed by atoms with Crippen LogP contribution >= 0.6 is 11.3 Å². The first-order chi connectivity index (χ1) is 13.2. The van der Waals surface area contributed by atoms with Crippen LogP contribution in [0.1, 0.15) is 45.5 Å². The third-order valence-electron chi connectivity index (χ3n) is 3.81. The van der Waals surface area contributed by atoms with Crippen molar-refractivity contribution in [1.82, 2.24) is 9.78 Å². The zero-order valence-electron chi connectivity index (χ0n) is 15.5. The first-order valence-electron chi connectivity index (χ1n) is 8.09. The summed E-state index contributed by atoms with van der Waals surface area (Å²) in [6.07, 6.45) is 2.15. The molecule has 0 aliphatic heterocycles. The number of carbonyl (C=O) groups is 3. The molecule has 2 aromatic heterocycles. The minimum atomic E-state index is -0.910. The van der Waals surface area contributed by atoms with Crippen LogP contribution in [-0.2, 0) is 14.3 Å². The average molecular weight is 410 g/mol. The summed E-state index contributed by atoms with van der Waals surface area (Å²) in [6.45, 7) is 4.83. The summed E-state index contributed by atoms with van der Waals surface area (Å²) in [5.74, 6) is -1.92. The van der Waals surface area contributed by atoms with E-state index < -0.39 is 28.8 Å². The maximum absolute atomic E-state index is 12.6. The molecule has 12 heteroatoms. The third-order valence-corrected chi connectivity index (χ3v) is 5.00. The number of anilines is 1. The molecule has 150 valence electrons. The second-order valence-corrected chi connectivity index (χ2v) is 6.59. The van der Waals surface area contributed by atoms with Gasteiger partial charge in [0.15, 0.2) is 0 Å². The van der Waals surface area contributed by atoms with Crippen molar-refractivity contribution in [3.05, 3.63) is 38.5 Å². The highest BCUT2D eigenvalue weighted by Gasteiger charge is 2.28. The van der Waals surface area contributed by atoms with Gasteiger partial charge in [-0.1, -0.05) is 0 Å². The van der Waals surface area contributed by atoms with Crippen LogP contribution in [0.5, 0.6) is 0 Å². The van der Waals surface area contributed by atoms with Crippen LogP contribution in [0, 0.1) is 17.0 Å². The monoisotopic (exact) mass is 410 g/mol. The van der Waals surface area contributed by atoms with Gasteiger partial charge in [-0.25, -0.2) is 9.59 Å². The summed E-state index contributed by atoms with van der Waals surface area (Å²) in [5.41, 5.74) is 0.113. The van der Waals surface area contributed by atoms with Crippen molar-refractivity contribution < 1.29 is 28.8 Å². The van der Waals surface area contributed by atoms with E-state index in [2.05, 4.69) is 10.4 Å². The van der Waals surface area contributed by atoms with Gasteiger partial charge in [0.25, 0.3) is 0 Å². The van der Waals surface area contributed by atoms with Gasteiger partial charge >= 0.3 is 17.6 Å². The van der Waals surface area contributed by atoms with Crippen molar-refractivity contribution in [2.24, 2.45) is 0 Å². The average Bonchev–Trinajstić information content (AvgIpc) is 3.26. The van der Waals surface area contributed by atoms with E-state index in [4.69, 9.17) is 9.47 Å². The van der Waals surface area contributed by atoms with E-state index in [1.54, 1.807) is 13.8 Å². The molecule has 11 nitrogen and oxygen atoms in total. The lowest BCUT2D eigenvalue weighted by atomic mass is 10.1. The lowest BCUT2D eigenvalue weighted by Crippen LogP contribution is -2.24. The van der Waals surface area contributed by atoms with Crippen molar-refractivity contribution in [2.45, 2.75) is 26.8 Å². The molecule has 1 amide bonds. The van der Waals surface area contributed by atoms with E-state index in [1.165, 1.54) is 14.0 Å². The van der Waals surface area contributed by atoms with Gasteiger partial charge in [0.2, 0.25) is 5.91 Å². The van der Waals surface area contributed by atoms with Crippen molar-refractivity contribution in [3.63, 3.8) is 0 Å². The molecule has 1 atom stereocenters. The second kappa shape index (κ2) is 8.61. The number of nitrogens with one attached hydrogen (secondary N) is 1. The van der Waals surface area contributed by atoms with E-state index in [0.29, 0.717) is 5.56 Å². The van der Waals surface area contributed by atoms with E-state index in [1.807, 2.05) is 0 Å². The number of nitro groups is 1. The fourth-order valence-electron chi connectivity index (χ4n) is 2.31. The number of amides is 1. The van der Waals surface area contributed by atoms with Crippen molar-refractivity contribution >= 4 is 39.9 Å². The highest BCUT2D eigenvalue weighted by Crippen LogP contribution is 2.34. The summed E-state index contributed by atoms with van der Waals surface area (Å²) in [5, 5.41) is 17.2. The topological polar surface area (TPSA) is 143 Å². The minimum absolute atomic E-state index is 0.0440. The molecule has 0 saturated carbocycles. The number of thiophene rings is 1. The van der Waals surface area contributed by atoms with Crippen LogP contribution in [-0.4, -0.2) is 46.3 Å². The third kappa shape index (κ3) is 4.17. The number of nitrogens with zero attached hydrogens (tertiary/aromatic N) is 3. The van der Waals surface area contributed by atoms with Gasteiger partial charge in [-0.2, -0.15) is 5.10 Å². The Morgan fingerprint density at radius 3 is 2.61 bits per heavy atom. The summed E-state index contributed by atoms with van der Waals surface area (Å²) >= 11 is 0.884. The lowest BCUT2D eigenvalue weighted by Gasteiger charge is -2.12. The zero-order chi connectivity index (χ0) is 21.0. The van der Waals surface area contributed by atoms with Crippen LogP contribution in [0.2, 0.25) is 0 Å². The van der Waals surface area contributed by atoms with Crippen molar-refractivity contribution in [2.75, 3.05) is 19.0 Å². The molecule has 0 bridgehead atoms. The number of aromatic nitrogens is 2. The largest absolute Gasteiger partial charge is 0.465 e. The standard InChI is InChI=1S/C16H18N4O7S/c1-5-27-16(23)12-8(2)11(15(22)26-4)14(28-12)18-13(21)9(3)19-7-10(6-17-19)20(24)25/h6-7,9H,5H2,1-4H3,(H,18,21). The Balaban J connectivity index is 2.33. The van der Waals surface area contributed by atoms with Crippen LogP contribution in [0.3, 0.4) is 0 Å². The predicted octanol–water partition coefficient (Wildman–Crippen LogP) is 2.32. The number of carbonyl (C=O) groups excluding carboxylic acids is 3. The Kier molecular flexibility index (Phi) is 6.46. The molecule has 28 heavy (non-hydrogen) atoms. The molecule has 2 heterocycles. The number of hydrogen-bond acceptors (Lipinski definition) is 9. The molecule has 0 saturated heterocycles. The second-order valence-electron chi connectivity index (χ2n) is 5.57. The number of ether oxygens (including phenoxy) is 2. The summed E-state index contributed by atoms with van der Waals surface area (Å²) in [4.78, 5) is 47.1. The zero-order valence-corrected chi connectivity index (χ0v) is 16.4. The fourth-order valence-corrected chi connectivity index (χ4v) is 3.40. The molecule has 1 unspecified atom stereocenters. The Bertz CT molecular complexity index is 934. The lowest BCUT2D eigenvalue weighted by molar-refractivity contribution is -0.385. The highest BCUT2D eigenvalue weighted by molar-refractivity contribution is 7.18. The first-order valence-corrected chi connectivity index (χ1v) is 8.91. The molecule has 2 aromatic rings. The molecule has 1 N–H and O–H groups in total. The number of rotatable bonds is 7. The van der Waals surface area contributed by atoms with Gasteiger partial charge in [-0.05, 0) is 26.3 Å². The summed E-state index contributed by atoms with van der Waals surface area (Å²) in [7, 11) is 1.18. The Labute approximate surface area is 163 Å². The van der Waals surface area contributed by atoms with Gasteiger partial charge in [0, 0.05) is 0 Å². The molecule has 0 aliphatic rings. The fraction of sp³-hybridized carbons (Fsp3) is 0.375. The van der Waals surface area contributed by atoms with E-state index in [-0.39, 0.29) is 27.7 Å². The molecule has 0 spiro atoms. The number of esters is 2. The summed E-state index contributed by atoms with van der Waals surface area (Å²) in [6, 6.07) is -0.910. The molecular formula is C16H18N4O7S. The smallest absolute Gasteiger partial charge is 0.348 e. The molecule has 0 fully saturated rings. The minimum Gasteiger partial charge on any atom is -0.465 e. The van der Waals surface area contributed by atoms with Crippen LogP contribution in [0.4, 0.5) is 10.7 Å². The number of hydrogen-bond donors (Lipinski definition) is 1. The van der Waals surface area contributed by atoms with E-state index >= 15 is 0 Å². The number of methoxy groups -OCH3 is 1. The van der Waals surface area contributed by atoms with E-state index in [0.717, 1.165) is 28.4 Å². The Morgan fingerprint density at radius 2 is 2.07 bits per heavy atom. The maximum Gasteiger partial charge on any atom is 0.348 e. The maximum atomic E-state index is 12.6. The molecule has 2 rings (SSSR count). The van der Waals surface area contributed by atoms with Gasteiger partial charge < -0.3 is 14.8 Å². The normalized spacial score (nSPS) is 11.6. The first kappa shape index (κ1) is 21.0. The highest BCUT2D eigenvalue weighted by atomic mass is 32.1. The van der Waals surface area contributed by atoms with Gasteiger partial charge in [-0.15, -0.1) is 11.3 Å². The molecule has 0 aliphatic carbocycles. The summed E-state index contributed by atoms with van der Waals surface area (Å²) < 4.78 is 10.8. The van der Waals surface area contributed by atoms with Gasteiger partial charge in [-0.3, -0.25) is 19.6 Å². The Hall–Kier alpha value is -3.28. The molecular weight excluding hydrogens is 392 g/mol. The van der Waals surface area contributed by atoms with Gasteiger partial charge in [0.05, 0.1) is 24.2 Å². The SMILES string of the molecule is CCOC(=O)c1sc(NC(=O)C(C)n2cc([N+](=O)[O-])cn2)c(C(=O)OC)c1C. The van der Waals surface area contributed by atoms with Crippen LogP contribution in [0.15, 0.2) is 12.4 Å². The van der Waals surface area contributed by atoms with E-state index in [9.17, 15) is 24.5 Å². The molecule has 0 radical (unpaired) electrons. The van der Waals surface area contributed by atoms with Crippen molar-refractivity contribution in [1.29, 1.82) is 0 Å².